The molecule has 0 saturated carbocycles. The number of aliphatic hydroxyl groups excluding tert-OH is 1. The molecule has 0 aliphatic rings. The maximum absolute atomic E-state index is 11.6. The van der Waals surface area contributed by atoms with Crippen molar-refractivity contribution in [3.63, 3.8) is 0 Å². The van der Waals surface area contributed by atoms with Gasteiger partial charge in [0.15, 0.2) is 0 Å². The fraction of sp³-hybridized carbons (Fsp3) is 0.900. The second-order valence-electron chi connectivity index (χ2n) is 4.36. The van der Waals surface area contributed by atoms with E-state index in [1.54, 1.807) is 13.8 Å². The number of amides is 1. The number of nitrogens with two attached hydrogens (primary N) is 1. The summed E-state index contributed by atoms with van der Waals surface area (Å²) in [6.07, 6.45) is 1.65. The average molecular weight is 202 g/mol. The Kier molecular flexibility index (Phi) is 5.72. The largest absolute Gasteiger partial charge is 0.394 e. The van der Waals surface area contributed by atoms with Crippen LogP contribution in [0.3, 0.4) is 0 Å². The van der Waals surface area contributed by atoms with Crippen LogP contribution in [0.4, 0.5) is 0 Å². The van der Waals surface area contributed by atoms with Crippen molar-refractivity contribution in [2.45, 2.75) is 39.2 Å². The van der Waals surface area contributed by atoms with Gasteiger partial charge in [-0.25, -0.2) is 0 Å². The van der Waals surface area contributed by atoms with Gasteiger partial charge >= 0.3 is 0 Å². The summed E-state index contributed by atoms with van der Waals surface area (Å²) < 4.78 is 0. The summed E-state index contributed by atoms with van der Waals surface area (Å²) in [5.41, 5.74) is 4.82. The zero-order valence-electron chi connectivity index (χ0n) is 9.34. The highest BCUT2D eigenvalue weighted by molar-refractivity contribution is 5.78. The van der Waals surface area contributed by atoms with Gasteiger partial charge in [0, 0.05) is 5.92 Å². The van der Waals surface area contributed by atoms with Gasteiger partial charge in [-0.1, -0.05) is 6.92 Å². The maximum Gasteiger partial charge on any atom is 0.223 e. The monoisotopic (exact) mass is 202 g/mol. The molecule has 0 bridgehead atoms. The Bertz CT molecular complexity index is 181. The van der Waals surface area contributed by atoms with Crippen molar-refractivity contribution in [1.82, 2.24) is 5.32 Å². The van der Waals surface area contributed by atoms with Crippen molar-refractivity contribution in [2.24, 2.45) is 11.7 Å². The summed E-state index contributed by atoms with van der Waals surface area (Å²) >= 11 is 0. The number of rotatable bonds is 6. The molecule has 0 aliphatic carbocycles. The normalized spacial score (nSPS) is 13.8. The smallest absolute Gasteiger partial charge is 0.223 e. The van der Waals surface area contributed by atoms with E-state index >= 15 is 0 Å². The van der Waals surface area contributed by atoms with E-state index < -0.39 is 5.54 Å². The van der Waals surface area contributed by atoms with Crippen LogP contribution in [0, 0.1) is 5.92 Å². The molecular formula is C10H22N2O2. The fourth-order valence-electron chi connectivity index (χ4n) is 1.05. The number of hydrogen-bond acceptors (Lipinski definition) is 3. The second-order valence-corrected chi connectivity index (χ2v) is 4.36. The lowest BCUT2D eigenvalue weighted by Gasteiger charge is -2.25. The van der Waals surface area contributed by atoms with Crippen molar-refractivity contribution in [3.05, 3.63) is 0 Å². The Balaban J connectivity index is 3.95. The van der Waals surface area contributed by atoms with E-state index in [9.17, 15) is 4.79 Å². The molecule has 4 N–H and O–H groups in total. The molecule has 4 nitrogen and oxygen atoms in total. The van der Waals surface area contributed by atoms with Gasteiger partial charge < -0.3 is 16.2 Å². The van der Waals surface area contributed by atoms with Gasteiger partial charge in [-0.2, -0.15) is 0 Å². The van der Waals surface area contributed by atoms with Crippen molar-refractivity contribution >= 4 is 5.91 Å². The molecule has 0 aromatic carbocycles. The van der Waals surface area contributed by atoms with Crippen molar-refractivity contribution < 1.29 is 9.90 Å². The summed E-state index contributed by atoms with van der Waals surface area (Å²) in [4.78, 5) is 11.6. The highest BCUT2D eigenvalue weighted by atomic mass is 16.3. The molecule has 14 heavy (non-hydrogen) atoms. The third-order valence-corrected chi connectivity index (χ3v) is 2.15. The minimum absolute atomic E-state index is 0.0162. The molecule has 0 spiro atoms. The van der Waals surface area contributed by atoms with Crippen LogP contribution in [0.5, 0.6) is 0 Å². The predicted molar refractivity (Wildman–Crippen MR) is 56.8 cm³/mol. The van der Waals surface area contributed by atoms with Crippen LogP contribution < -0.4 is 11.1 Å². The topological polar surface area (TPSA) is 75.4 Å². The first kappa shape index (κ1) is 13.4. The minimum atomic E-state index is -0.534. The van der Waals surface area contributed by atoms with Gasteiger partial charge in [0.1, 0.15) is 0 Å². The Morgan fingerprint density at radius 3 is 2.57 bits per heavy atom. The van der Waals surface area contributed by atoms with Crippen molar-refractivity contribution in [1.29, 1.82) is 0 Å². The van der Waals surface area contributed by atoms with E-state index in [0.717, 1.165) is 12.8 Å². The molecule has 4 heteroatoms. The van der Waals surface area contributed by atoms with E-state index in [4.69, 9.17) is 10.8 Å². The molecular weight excluding hydrogens is 180 g/mol. The van der Waals surface area contributed by atoms with Crippen molar-refractivity contribution in [2.75, 3.05) is 13.2 Å². The van der Waals surface area contributed by atoms with Crippen LogP contribution in [0.2, 0.25) is 0 Å². The van der Waals surface area contributed by atoms with Crippen LogP contribution in [0.25, 0.3) is 0 Å². The SMILES string of the molecule is CC(CCCN)C(=O)NC(C)(C)CO. The van der Waals surface area contributed by atoms with Crippen LogP contribution in [-0.2, 0) is 4.79 Å². The first-order chi connectivity index (χ1) is 6.43. The third-order valence-electron chi connectivity index (χ3n) is 2.15. The van der Waals surface area contributed by atoms with E-state index in [1.165, 1.54) is 0 Å². The zero-order valence-corrected chi connectivity index (χ0v) is 9.34. The van der Waals surface area contributed by atoms with E-state index in [2.05, 4.69) is 5.32 Å². The van der Waals surface area contributed by atoms with E-state index in [-0.39, 0.29) is 18.4 Å². The van der Waals surface area contributed by atoms with Gasteiger partial charge in [-0.05, 0) is 33.2 Å². The average Bonchev–Trinajstić information content (AvgIpc) is 2.13. The molecule has 0 aromatic rings. The van der Waals surface area contributed by atoms with Gasteiger partial charge in [-0.3, -0.25) is 4.79 Å². The number of hydrogen-bond donors (Lipinski definition) is 3. The Morgan fingerprint density at radius 1 is 1.57 bits per heavy atom. The summed E-state index contributed by atoms with van der Waals surface area (Å²) in [6, 6.07) is 0. The van der Waals surface area contributed by atoms with E-state index in [1.807, 2.05) is 6.92 Å². The number of nitrogens with one attached hydrogen (secondary N) is 1. The number of carbonyl (C=O) groups is 1. The van der Waals surface area contributed by atoms with Crippen LogP contribution >= 0.6 is 0 Å². The number of carbonyl (C=O) groups excluding carboxylic acids is 1. The Hall–Kier alpha value is -0.610. The second kappa shape index (κ2) is 5.98. The molecule has 0 aliphatic heterocycles. The standard InChI is InChI=1S/C10H22N2O2/c1-8(5-4-6-11)9(14)12-10(2,3)7-13/h8,13H,4-7,11H2,1-3H3,(H,12,14). The molecule has 0 fully saturated rings. The van der Waals surface area contributed by atoms with Gasteiger partial charge in [-0.15, -0.1) is 0 Å². The lowest BCUT2D eigenvalue weighted by Crippen LogP contribution is -2.48. The highest BCUT2D eigenvalue weighted by Crippen LogP contribution is 2.08. The van der Waals surface area contributed by atoms with Crippen molar-refractivity contribution in [3.8, 4) is 0 Å². The van der Waals surface area contributed by atoms with Gasteiger partial charge in [0.05, 0.1) is 12.1 Å². The highest BCUT2D eigenvalue weighted by Gasteiger charge is 2.22. The van der Waals surface area contributed by atoms with Gasteiger partial charge in [0.25, 0.3) is 0 Å². The predicted octanol–water partition coefficient (Wildman–Crippen LogP) is 0.249. The molecule has 1 amide bonds. The molecule has 0 radical (unpaired) electrons. The summed E-state index contributed by atoms with van der Waals surface area (Å²) in [6.45, 7) is 6.02. The maximum atomic E-state index is 11.6. The Labute approximate surface area is 85.9 Å². The van der Waals surface area contributed by atoms with E-state index in [0.29, 0.717) is 6.54 Å². The van der Waals surface area contributed by atoms with Crippen LogP contribution in [0.15, 0.2) is 0 Å². The fourth-order valence-corrected chi connectivity index (χ4v) is 1.05. The molecule has 0 heterocycles. The lowest BCUT2D eigenvalue weighted by atomic mass is 10.0. The summed E-state index contributed by atoms with van der Waals surface area (Å²) in [5, 5.41) is 11.8. The zero-order chi connectivity index (χ0) is 11.2. The Morgan fingerprint density at radius 2 is 2.14 bits per heavy atom. The summed E-state index contributed by atoms with van der Waals surface area (Å²) in [7, 11) is 0. The lowest BCUT2D eigenvalue weighted by molar-refractivity contribution is -0.126. The quantitative estimate of drug-likeness (QED) is 0.578. The molecule has 1 unspecified atom stereocenters. The first-order valence-corrected chi connectivity index (χ1v) is 5.06. The van der Waals surface area contributed by atoms with Crippen LogP contribution in [-0.4, -0.2) is 29.7 Å². The first-order valence-electron chi connectivity index (χ1n) is 5.06. The molecule has 0 aromatic heterocycles. The molecule has 0 saturated heterocycles. The third kappa shape index (κ3) is 5.19. The molecule has 84 valence electrons. The van der Waals surface area contributed by atoms with Gasteiger partial charge in [0.2, 0.25) is 5.91 Å². The van der Waals surface area contributed by atoms with Crippen LogP contribution in [0.1, 0.15) is 33.6 Å². The molecule has 1 atom stereocenters. The minimum Gasteiger partial charge on any atom is -0.394 e. The molecule has 0 rings (SSSR count). The summed E-state index contributed by atoms with van der Waals surface area (Å²) in [5.74, 6) is -0.0538. The number of aliphatic hydroxyl groups is 1.